The van der Waals surface area contributed by atoms with Crippen molar-refractivity contribution < 1.29 is 0 Å². The van der Waals surface area contributed by atoms with Crippen molar-refractivity contribution in [2.75, 3.05) is 0 Å². The van der Waals surface area contributed by atoms with Crippen LogP contribution in [0.5, 0.6) is 0 Å². The normalized spacial score (nSPS) is 11.2. The second-order valence-electron chi connectivity index (χ2n) is 6.19. The highest BCUT2D eigenvalue weighted by atomic mass is 32.4. The van der Waals surface area contributed by atoms with Crippen LogP contribution >= 0.6 is 11.2 Å². The second-order valence-corrected chi connectivity index (χ2v) is 12.4. The van der Waals surface area contributed by atoms with E-state index in [0.717, 1.165) is 0 Å². The summed E-state index contributed by atoms with van der Waals surface area (Å²) in [5.41, 5.74) is 0. The first-order valence-electron chi connectivity index (χ1n) is 8.80. The molecule has 126 valence electrons. The summed E-state index contributed by atoms with van der Waals surface area (Å²) in [7, 11) is -2.25. The maximum Gasteiger partial charge on any atom is 0.214 e. The second kappa shape index (κ2) is 7.77. The molecule has 0 heterocycles. The fraction of sp³-hybridized carbons (Fsp3) is 0. The van der Waals surface area contributed by atoms with Gasteiger partial charge in [-0.15, -0.1) is 11.2 Å². The summed E-state index contributed by atoms with van der Waals surface area (Å²) >= 11 is 2.03. The lowest BCUT2D eigenvalue weighted by molar-refractivity contribution is 1.48. The Bertz CT molecular complexity index is 842. The zero-order valence-corrected chi connectivity index (χ0v) is 16.3. The molecule has 0 N–H and O–H groups in total. The maximum absolute atomic E-state index is 2.29. The molecule has 26 heavy (non-hydrogen) atoms. The van der Waals surface area contributed by atoms with Crippen molar-refractivity contribution >= 4 is 34.0 Å². The molecule has 0 amide bonds. The van der Waals surface area contributed by atoms with Gasteiger partial charge in [0.1, 0.15) is 0 Å². The fourth-order valence-corrected chi connectivity index (χ4v) is 11.1. The highest BCUT2D eigenvalue weighted by molar-refractivity contribution is 8.33. The van der Waals surface area contributed by atoms with Gasteiger partial charge in [0.05, 0.1) is 0 Å². The minimum absolute atomic E-state index is 1.32. The Labute approximate surface area is 160 Å². The van der Waals surface area contributed by atoms with Gasteiger partial charge >= 0.3 is 0 Å². The molecule has 0 aliphatic rings. The van der Waals surface area contributed by atoms with Crippen molar-refractivity contribution in [2.24, 2.45) is 0 Å². The lowest BCUT2D eigenvalue weighted by Gasteiger charge is -2.33. The van der Waals surface area contributed by atoms with Crippen molar-refractivity contribution in [3.8, 4) is 0 Å². The van der Waals surface area contributed by atoms with Crippen molar-refractivity contribution in [1.29, 1.82) is 0 Å². The lowest BCUT2D eigenvalue weighted by Crippen LogP contribution is -2.64. The monoisotopic (exact) mass is 368 g/mol. The average molecular weight is 369 g/mol. The Morgan fingerprint density at radius 1 is 0.385 bits per heavy atom. The molecule has 0 aromatic heterocycles. The average Bonchev–Trinajstić information content (AvgIpc) is 2.75. The minimum Gasteiger partial charge on any atom is -0.134 e. The SMILES string of the molecule is c1ccc(S[Si](c2ccccc2)(c2ccccc2)c2ccccc2)cc1. The van der Waals surface area contributed by atoms with Crippen LogP contribution < -0.4 is 15.6 Å². The van der Waals surface area contributed by atoms with E-state index in [2.05, 4.69) is 121 Å². The first-order valence-corrected chi connectivity index (χ1v) is 12.3. The third kappa shape index (κ3) is 3.26. The van der Waals surface area contributed by atoms with E-state index in [4.69, 9.17) is 0 Å². The largest absolute Gasteiger partial charge is 0.214 e. The molecule has 0 nitrogen and oxygen atoms in total. The van der Waals surface area contributed by atoms with E-state index in [1.165, 1.54) is 20.5 Å². The van der Waals surface area contributed by atoms with Gasteiger partial charge in [-0.1, -0.05) is 109 Å². The maximum atomic E-state index is 2.29. The van der Waals surface area contributed by atoms with E-state index in [1.807, 2.05) is 11.2 Å². The summed E-state index contributed by atoms with van der Waals surface area (Å²) in [6.07, 6.45) is 0. The van der Waals surface area contributed by atoms with Gasteiger partial charge in [-0.25, -0.2) is 0 Å². The smallest absolute Gasteiger partial charge is 0.134 e. The molecule has 0 atom stereocenters. The van der Waals surface area contributed by atoms with Crippen LogP contribution in [0.4, 0.5) is 0 Å². The summed E-state index contributed by atoms with van der Waals surface area (Å²) in [5, 5.41) is 4.27. The molecule has 0 fully saturated rings. The first kappa shape index (κ1) is 16.9. The Balaban J connectivity index is 2.00. The quantitative estimate of drug-likeness (QED) is 0.370. The minimum atomic E-state index is -2.25. The third-order valence-electron chi connectivity index (χ3n) is 4.56. The van der Waals surface area contributed by atoms with Crippen LogP contribution in [-0.4, -0.2) is 7.22 Å². The Kier molecular flexibility index (Phi) is 5.05. The van der Waals surface area contributed by atoms with Crippen LogP contribution in [0.2, 0.25) is 0 Å². The van der Waals surface area contributed by atoms with Gasteiger partial charge in [0.15, 0.2) is 0 Å². The van der Waals surface area contributed by atoms with Crippen LogP contribution in [0.1, 0.15) is 0 Å². The van der Waals surface area contributed by atoms with E-state index in [9.17, 15) is 0 Å². The number of rotatable bonds is 5. The summed E-state index contributed by atoms with van der Waals surface area (Å²) in [5.74, 6) is 0. The Morgan fingerprint density at radius 2 is 0.692 bits per heavy atom. The predicted molar refractivity (Wildman–Crippen MR) is 116 cm³/mol. The lowest BCUT2D eigenvalue weighted by atomic mass is 10.3. The highest BCUT2D eigenvalue weighted by Crippen LogP contribution is 2.29. The molecule has 0 radical (unpaired) electrons. The molecule has 0 aliphatic carbocycles. The van der Waals surface area contributed by atoms with Crippen molar-refractivity contribution in [2.45, 2.75) is 4.90 Å². The summed E-state index contributed by atoms with van der Waals surface area (Å²) < 4.78 is 0. The standard InChI is InChI=1S/C24H20SSi/c1-5-13-21(14-6-1)25-26(22-15-7-2-8-16-22,23-17-9-3-10-18-23)24-19-11-4-12-20-24/h1-20H. The molecule has 0 saturated heterocycles. The topological polar surface area (TPSA) is 0 Å². The van der Waals surface area contributed by atoms with Gasteiger partial charge in [0.25, 0.3) is 0 Å². The molecule has 0 spiro atoms. The van der Waals surface area contributed by atoms with Crippen molar-refractivity contribution in [3.05, 3.63) is 121 Å². The molecular weight excluding hydrogens is 348 g/mol. The van der Waals surface area contributed by atoms with E-state index < -0.39 is 7.22 Å². The molecule has 0 bridgehead atoms. The summed E-state index contributed by atoms with van der Waals surface area (Å²) in [6, 6.07) is 43.8. The van der Waals surface area contributed by atoms with E-state index in [0.29, 0.717) is 0 Å². The summed E-state index contributed by atoms with van der Waals surface area (Å²) in [4.78, 5) is 1.32. The number of benzene rings is 4. The van der Waals surface area contributed by atoms with Gasteiger partial charge in [-0.05, 0) is 27.7 Å². The van der Waals surface area contributed by atoms with Gasteiger partial charge in [0, 0.05) is 4.90 Å². The fourth-order valence-electron chi connectivity index (χ4n) is 3.36. The Morgan fingerprint density at radius 3 is 1.04 bits per heavy atom. The first-order chi connectivity index (χ1) is 12.9. The van der Waals surface area contributed by atoms with Gasteiger partial charge in [-0.2, -0.15) is 0 Å². The molecule has 2 heteroatoms. The zero-order valence-electron chi connectivity index (χ0n) is 14.5. The summed E-state index contributed by atoms with van der Waals surface area (Å²) in [6.45, 7) is 0. The molecule has 0 aliphatic heterocycles. The van der Waals surface area contributed by atoms with E-state index >= 15 is 0 Å². The Hall–Kier alpha value is -2.55. The highest BCUT2D eigenvalue weighted by Gasteiger charge is 2.40. The van der Waals surface area contributed by atoms with Crippen molar-refractivity contribution in [1.82, 2.24) is 0 Å². The van der Waals surface area contributed by atoms with Gasteiger partial charge in [0.2, 0.25) is 7.22 Å². The van der Waals surface area contributed by atoms with Crippen LogP contribution in [0, 0.1) is 0 Å². The molecule has 4 aromatic rings. The molecule has 0 saturated carbocycles. The van der Waals surface area contributed by atoms with Crippen LogP contribution in [0.25, 0.3) is 0 Å². The van der Waals surface area contributed by atoms with E-state index in [-0.39, 0.29) is 0 Å². The van der Waals surface area contributed by atoms with Crippen LogP contribution in [-0.2, 0) is 0 Å². The molecular formula is C24H20SSi. The molecule has 0 unspecified atom stereocenters. The van der Waals surface area contributed by atoms with Gasteiger partial charge in [-0.3, -0.25) is 0 Å². The van der Waals surface area contributed by atoms with E-state index in [1.54, 1.807) is 0 Å². The third-order valence-corrected chi connectivity index (χ3v) is 12.6. The van der Waals surface area contributed by atoms with Crippen LogP contribution in [0.3, 0.4) is 0 Å². The zero-order chi connectivity index (χ0) is 17.7. The van der Waals surface area contributed by atoms with Crippen LogP contribution in [0.15, 0.2) is 126 Å². The van der Waals surface area contributed by atoms with Crippen molar-refractivity contribution in [3.63, 3.8) is 0 Å². The molecule has 4 aromatic carbocycles. The predicted octanol–water partition coefficient (Wildman–Crippen LogP) is 4.45. The molecule has 4 rings (SSSR count). The van der Waals surface area contributed by atoms with Gasteiger partial charge < -0.3 is 0 Å². The number of hydrogen-bond donors (Lipinski definition) is 0. The number of hydrogen-bond acceptors (Lipinski definition) is 1.